The molecule has 1 aromatic carbocycles. The van der Waals surface area contributed by atoms with Gasteiger partial charge in [0.1, 0.15) is 0 Å². The number of aromatic nitrogens is 1. The van der Waals surface area contributed by atoms with Gasteiger partial charge < -0.3 is 5.32 Å². The monoisotopic (exact) mass is 332 g/mol. The van der Waals surface area contributed by atoms with Crippen LogP contribution < -0.4 is 5.32 Å². The van der Waals surface area contributed by atoms with E-state index in [2.05, 4.69) is 10.3 Å². The van der Waals surface area contributed by atoms with Crippen LogP contribution in [0.2, 0.25) is 0 Å². The molecule has 5 heteroatoms. The van der Waals surface area contributed by atoms with Crippen molar-refractivity contribution >= 4 is 26.4 Å². The summed E-state index contributed by atoms with van der Waals surface area (Å²) in [5, 5.41) is 5.73. The first-order valence-electron chi connectivity index (χ1n) is 7.88. The van der Waals surface area contributed by atoms with Gasteiger partial charge in [0, 0.05) is 28.7 Å². The van der Waals surface area contributed by atoms with Gasteiger partial charge >= 0.3 is 0 Å². The molecule has 0 fully saturated rings. The average Bonchev–Trinajstić information content (AvgIpc) is 2.49. The van der Waals surface area contributed by atoms with Gasteiger partial charge in [-0.15, -0.1) is 0 Å². The van der Waals surface area contributed by atoms with Gasteiger partial charge in [-0.25, -0.2) is 8.42 Å². The van der Waals surface area contributed by atoms with Crippen LogP contribution in [-0.4, -0.2) is 25.7 Å². The highest BCUT2D eigenvalue weighted by molar-refractivity contribution is 7.94. The Kier molecular flexibility index (Phi) is 5.77. The van der Waals surface area contributed by atoms with Crippen LogP contribution in [0.3, 0.4) is 0 Å². The molecular weight excluding hydrogens is 308 g/mol. The largest absolute Gasteiger partial charge is 0.384 e. The third-order valence-electron chi connectivity index (χ3n) is 3.44. The van der Waals surface area contributed by atoms with Gasteiger partial charge in [-0.05, 0) is 31.4 Å². The van der Waals surface area contributed by atoms with Gasteiger partial charge in [-0.3, -0.25) is 4.98 Å². The number of sulfone groups is 1. The molecule has 1 N–H and O–H groups in total. The second-order valence-electron chi connectivity index (χ2n) is 6.05. The third kappa shape index (κ3) is 5.36. The van der Waals surface area contributed by atoms with Crippen LogP contribution in [0.15, 0.2) is 41.8 Å². The van der Waals surface area contributed by atoms with Crippen LogP contribution in [0.1, 0.15) is 26.0 Å². The summed E-state index contributed by atoms with van der Waals surface area (Å²) in [6.07, 6.45) is 2.29. The van der Waals surface area contributed by atoms with Crippen LogP contribution >= 0.6 is 0 Å². The Bertz CT molecular complexity index is 796. The molecule has 0 spiro atoms. The Hall–Kier alpha value is -1.88. The molecule has 0 aliphatic carbocycles. The first kappa shape index (κ1) is 17.5. The Morgan fingerprint density at radius 2 is 2.00 bits per heavy atom. The molecule has 4 nitrogen and oxygen atoms in total. The Balaban J connectivity index is 1.97. The Labute approximate surface area is 138 Å². The minimum absolute atomic E-state index is 0.158. The maximum atomic E-state index is 11.9. The highest BCUT2D eigenvalue weighted by Gasteiger charge is 2.07. The predicted molar refractivity (Wildman–Crippen MR) is 97.4 cm³/mol. The topological polar surface area (TPSA) is 59.1 Å². The van der Waals surface area contributed by atoms with Crippen LogP contribution in [-0.2, 0) is 9.84 Å². The minimum atomic E-state index is -3.11. The van der Waals surface area contributed by atoms with Crippen molar-refractivity contribution in [3.8, 4) is 0 Å². The van der Waals surface area contributed by atoms with Crippen molar-refractivity contribution in [3.05, 3.63) is 47.5 Å². The number of hydrogen-bond donors (Lipinski definition) is 1. The number of fused-ring (bicyclic) bond motifs is 1. The number of hydrogen-bond acceptors (Lipinski definition) is 4. The van der Waals surface area contributed by atoms with Crippen molar-refractivity contribution in [3.63, 3.8) is 0 Å². The maximum absolute atomic E-state index is 11.9. The van der Waals surface area contributed by atoms with Crippen LogP contribution in [0.4, 0.5) is 5.69 Å². The lowest BCUT2D eigenvalue weighted by molar-refractivity contribution is 0.602. The van der Waals surface area contributed by atoms with Gasteiger partial charge in [0.05, 0.1) is 11.3 Å². The second-order valence-corrected chi connectivity index (χ2v) is 8.05. The van der Waals surface area contributed by atoms with Crippen molar-refractivity contribution in [1.82, 2.24) is 4.98 Å². The van der Waals surface area contributed by atoms with Gasteiger partial charge in [0.15, 0.2) is 9.84 Å². The van der Waals surface area contributed by atoms with E-state index in [1.165, 1.54) is 5.41 Å². The van der Waals surface area contributed by atoms with Crippen molar-refractivity contribution in [2.45, 2.75) is 27.2 Å². The number of benzene rings is 1. The number of para-hydroxylation sites is 1. The summed E-state index contributed by atoms with van der Waals surface area (Å²) in [6, 6.07) is 9.94. The van der Waals surface area contributed by atoms with Crippen LogP contribution in [0.5, 0.6) is 0 Å². The van der Waals surface area contributed by atoms with E-state index in [-0.39, 0.29) is 11.7 Å². The second kappa shape index (κ2) is 7.59. The molecule has 0 atom stereocenters. The van der Waals surface area contributed by atoms with Crippen molar-refractivity contribution in [2.24, 2.45) is 5.92 Å². The first-order chi connectivity index (χ1) is 10.9. The molecule has 0 radical (unpaired) electrons. The minimum Gasteiger partial charge on any atom is -0.384 e. The van der Waals surface area contributed by atoms with E-state index in [0.29, 0.717) is 13.0 Å². The molecule has 0 aliphatic heterocycles. The highest BCUT2D eigenvalue weighted by atomic mass is 32.2. The lowest BCUT2D eigenvalue weighted by Gasteiger charge is -2.10. The predicted octanol–water partition coefficient (Wildman–Crippen LogP) is 3.93. The summed E-state index contributed by atoms with van der Waals surface area (Å²) in [4.78, 5) is 4.50. The number of nitrogens with one attached hydrogen (secondary N) is 1. The maximum Gasteiger partial charge on any atom is 0.171 e. The fraction of sp³-hybridized carbons (Fsp3) is 0.389. The van der Waals surface area contributed by atoms with E-state index in [1.807, 2.05) is 51.1 Å². The van der Waals surface area contributed by atoms with Crippen molar-refractivity contribution in [1.29, 1.82) is 0 Å². The fourth-order valence-corrected chi connectivity index (χ4v) is 3.53. The molecule has 0 amide bonds. The molecule has 0 bridgehead atoms. The lowest BCUT2D eigenvalue weighted by atomic mass is 10.1. The van der Waals surface area contributed by atoms with E-state index in [4.69, 9.17) is 0 Å². The van der Waals surface area contributed by atoms with Crippen LogP contribution in [0.25, 0.3) is 10.9 Å². The van der Waals surface area contributed by atoms with Crippen molar-refractivity contribution in [2.75, 3.05) is 17.6 Å². The summed E-state index contributed by atoms with van der Waals surface area (Å²) < 4.78 is 23.8. The van der Waals surface area contributed by atoms with E-state index >= 15 is 0 Å². The Morgan fingerprint density at radius 1 is 1.26 bits per heavy atom. The van der Waals surface area contributed by atoms with E-state index < -0.39 is 9.84 Å². The summed E-state index contributed by atoms with van der Waals surface area (Å²) in [5.41, 5.74) is 2.89. The summed E-state index contributed by atoms with van der Waals surface area (Å²) in [5.74, 6) is 0.402. The molecule has 124 valence electrons. The van der Waals surface area contributed by atoms with Gasteiger partial charge in [0.2, 0.25) is 0 Å². The smallest absolute Gasteiger partial charge is 0.171 e. The molecular formula is C18H24N2O2S. The van der Waals surface area contributed by atoms with E-state index in [0.717, 1.165) is 22.3 Å². The zero-order valence-electron chi connectivity index (χ0n) is 13.9. The highest BCUT2D eigenvalue weighted by Crippen LogP contribution is 2.22. The zero-order chi connectivity index (χ0) is 16.9. The molecule has 1 heterocycles. The van der Waals surface area contributed by atoms with E-state index in [9.17, 15) is 8.42 Å². The number of anilines is 1. The lowest BCUT2D eigenvalue weighted by Crippen LogP contribution is -2.10. The molecule has 23 heavy (non-hydrogen) atoms. The van der Waals surface area contributed by atoms with Gasteiger partial charge in [-0.2, -0.15) is 0 Å². The van der Waals surface area contributed by atoms with Gasteiger partial charge in [0.25, 0.3) is 0 Å². The molecule has 0 saturated heterocycles. The normalized spacial score (nSPS) is 12.3. The van der Waals surface area contributed by atoms with Crippen molar-refractivity contribution < 1.29 is 8.42 Å². The first-order valence-corrected chi connectivity index (χ1v) is 9.60. The molecule has 2 aromatic rings. The van der Waals surface area contributed by atoms with E-state index in [1.54, 1.807) is 6.08 Å². The van der Waals surface area contributed by atoms with Gasteiger partial charge in [-0.1, -0.05) is 38.1 Å². The number of nitrogens with zero attached hydrogens (tertiary/aromatic N) is 1. The number of pyridine rings is 1. The molecule has 0 unspecified atom stereocenters. The summed E-state index contributed by atoms with van der Waals surface area (Å²) >= 11 is 0. The molecule has 0 aliphatic rings. The molecule has 0 saturated carbocycles. The Morgan fingerprint density at radius 3 is 2.74 bits per heavy atom. The zero-order valence-corrected chi connectivity index (χ0v) is 14.7. The molecule has 2 rings (SSSR count). The van der Waals surface area contributed by atoms with Crippen LogP contribution in [0, 0.1) is 12.8 Å². The average molecular weight is 332 g/mol. The number of rotatable bonds is 7. The SMILES string of the molecule is Cc1cc(NCCCS(=O)(=O)/C=C/C(C)C)c2ccccc2n1. The fourth-order valence-electron chi connectivity index (χ4n) is 2.30. The standard InChI is InChI=1S/C18H24N2O2S/c1-14(2)9-12-23(21,22)11-6-10-19-18-13-15(3)20-17-8-5-4-7-16(17)18/h4-5,7-9,12-14H,6,10-11H2,1-3H3,(H,19,20)/b12-9+. The quantitative estimate of drug-likeness (QED) is 0.781. The summed E-state index contributed by atoms with van der Waals surface area (Å²) in [6.45, 7) is 6.50. The number of allylic oxidation sites excluding steroid dienone is 1. The number of aryl methyl sites for hydroxylation is 1. The third-order valence-corrected chi connectivity index (χ3v) is 4.87. The summed E-state index contributed by atoms with van der Waals surface area (Å²) in [7, 11) is -3.11. The molecule has 1 aromatic heterocycles.